The summed E-state index contributed by atoms with van der Waals surface area (Å²) in [5.41, 5.74) is 3.97. The van der Waals surface area contributed by atoms with Crippen LogP contribution in [-0.2, 0) is 0 Å². The third-order valence-electron chi connectivity index (χ3n) is 5.09. The number of hydrogen-bond acceptors (Lipinski definition) is 4. The summed E-state index contributed by atoms with van der Waals surface area (Å²) in [7, 11) is 3.20. The number of aromatic nitrogens is 2. The normalized spacial score (nSPS) is 11.4. The van der Waals surface area contributed by atoms with E-state index in [2.05, 4.69) is 0 Å². The van der Waals surface area contributed by atoms with Crippen LogP contribution < -0.4 is 9.47 Å². The molecule has 0 atom stereocenters. The van der Waals surface area contributed by atoms with Crippen LogP contribution in [0.25, 0.3) is 38.8 Å². The lowest BCUT2D eigenvalue weighted by Crippen LogP contribution is -2.01. The molecule has 28 heavy (non-hydrogen) atoms. The number of pyridine rings is 1. The average molecular weight is 370 g/mol. The fourth-order valence-corrected chi connectivity index (χ4v) is 3.82. The van der Waals surface area contributed by atoms with Crippen molar-refractivity contribution in [2.45, 2.75) is 0 Å². The molecule has 0 aromatic heterocycles. The van der Waals surface area contributed by atoms with Gasteiger partial charge in [0, 0.05) is 22.5 Å². The number of methoxy groups -OCH3 is 2. The van der Waals surface area contributed by atoms with E-state index in [-0.39, 0.29) is 5.88 Å². The lowest BCUT2D eigenvalue weighted by atomic mass is 10.0. The van der Waals surface area contributed by atoms with Gasteiger partial charge >= 0.3 is 0 Å². The fourth-order valence-electron chi connectivity index (χ4n) is 3.82. The Bertz CT molecular complexity index is 1290. The molecule has 0 bridgehead atoms. The molecule has 2 aliphatic heterocycles. The van der Waals surface area contributed by atoms with E-state index in [1.165, 1.54) is 0 Å². The van der Waals surface area contributed by atoms with Crippen molar-refractivity contribution in [3.8, 4) is 34.3 Å². The third-order valence-corrected chi connectivity index (χ3v) is 5.09. The monoisotopic (exact) mass is 370 g/mol. The Labute approximate surface area is 161 Å². The smallest absolute Gasteiger partial charge is 0.206 e. The summed E-state index contributed by atoms with van der Waals surface area (Å²) in [6.45, 7) is 0. The Kier molecular flexibility index (Phi) is 3.62. The topological polar surface area (TPSA) is 56.5 Å². The summed E-state index contributed by atoms with van der Waals surface area (Å²) in [5.74, 6) is 1.36. The molecule has 138 valence electrons. The molecule has 0 aliphatic carbocycles. The molecule has 0 saturated carbocycles. The fraction of sp³-hybridized carbons (Fsp3) is 0.0870. The first-order chi connectivity index (χ1) is 13.7. The van der Waals surface area contributed by atoms with Crippen molar-refractivity contribution in [2.75, 3.05) is 14.2 Å². The molecule has 5 nitrogen and oxygen atoms in total. The molecule has 0 unspecified atom stereocenters. The van der Waals surface area contributed by atoms with E-state index in [0.717, 1.165) is 33.2 Å². The van der Waals surface area contributed by atoms with Gasteiger partial charge in [-0.2, -0.15) is 0 Å². The summed E-state index contributed by atoms with van der Waals surface area (Å²) in [4.78, 5) is 4.81. The summed E-state index contributed by atoms with van der Waals surface area (Å²) in [6, 6.07) is 21.5. The molecule has 1 N–H and O–H groups in total. The third kappa shape index (κ3) is 2.23. The number of nitrogens with zero attached hydrogens (tertiary/aromatic N) is 2. The van der Waals surface area contributed by atoms with E-state index >= 15 is 0 Å². The van der Waals surface area contributed by atoms with Crippen molar-refractivity contribution in [1.29, 1.82) is 0 Å². The van der Waals surface area contributed by atoms with Gasteiger partial charge < -0.3 is 14.6 Å². The number of fused-ring (bicyclic) bond motifs is 5. The predicted molar refractivity (Wildman–Crippen MR) is 110 cm³/mol. The maximum absolute atomic E-state index is 11.3. The Hall–Kier alpha value is -3.73. The highest BCUT2D eigenvalue weighted by atomic mass is 16.5. The van der Waals surface area contributed by atoms with Gasteiger partial charge in [0.15, 0.2) is 11.5 Å². The molecule has 2 aliphatic rings. The first kappa shape index (κ1) is 16.4. The second-order valence-electron chi connectivity index (χ2n) is 6.57. The summed E-state index contributed by atoms with van der Waals surface area (Å²) >= 11 is 0. The number of ether oxygens (including phenoxy) is 2. The van der Waals surface area contributed by atoms with Crippen molar-refractivity contribution >= 4 is 21.8 Å². The van der Waals surface area contributed by atoms with E-state index < -0.39 is 0 Å². The first-order valence-electron chi connectivity index (χ1n) is 8.96. The van der Waals surface area contributed by atoms with Crippen LogP contribution in [0.4, 0.5) is 0 Å². The van der Waals surface area contributed by atoms with Crippen molar-refractivity contribution in [1.82, 2.24) is 9.55 Å². The molecule has 5 rings (SSSR count). The number of rotatable bonds is 3. The van der Waals surface area contributed by atoms with Gasteiger partial charge in [-0.25, -0.2) is 4.98 Å². The molecule has 0 spiro atoms. The van der Waals surface area contributed by atoms with Gasteiger partial charge in [0.25, 0.3) is 0 Å². The lowest BCUT2D eigenvalue weighted by molar-refractivity contribution is 0.356. The number of benzene rings is 3. The molecule has 2 heterocycles. The van der Waals surface area contributed by atoms with Crippen LogP contribution in [0.5, 0.6) is 17.4 Å². The Morgan fingerprint density at radius 1 is 0.821 bits per heavy atom. The SMILES string of the molecule is COc1cc2nc3c4ccccc4n(-c4ccccc4)c(O)c-3c2cc1OC. The van der Waals surface area contributed by atoms with Crippen molar-refractivity contribution in [2.24, 2.45) is 0 Å². The molecule has 3 aromatic rings. The Morgan fingerprint density at radius 2 is 1.50 bits per heavy atom. The minimum absolute atomic E-state index is 0.148. The van der Waals surface area contributed by atoms with Crippen LogP contribution in [0.3, 0.4) is 0 Å². The molecule has 0 amide bonds. The van der Waals surface area contributed by atoms with Crippen molar-refractivity contribution in [3.05, 3.63) is 66.7 Å². The zero-order valence-electron chi connectivity index (χ0n) is 15.5. The van der Waals surface area contributed by atoms with E-state index in [9.17, 15) is 5.11 Å². The largest absolute Gasteiger partial charge is 0.494 e. The molecule has 3 aromatic carbocycles. The minimum Gasteiger partial charge on any atom is -0.494 e. The highest BCUT2D eigenvalue weighted by Crippen LogP contribution is 2.46. The van der Waals surface area contributed by atoms with E-state index in [1.807, 2.05) is 71.3 Å². The molecule has 5 heteroatoms. The van der Waals surface area contributed by atoms with Crippen LogP contribution in [0.1, 0.15) is 0 Å². The average Bonchev–Trinajstić information content (AvgIpc) is 3.12. The van der Waals surface area contributed by atoms with Gasteiger partial charge in [-0.1, -0.05) is 36.4 Å². The van der Waals surface area contributed by atoms with Crippen LogP contribution >= 0.6 is 0 Å². The van der Waals surface area contributed by atoms with Gasteiger partial charge in [0.1, 0.15) is 0 Å². The van der Waals surface area contributed by atoms with Crippen LogP contribution in [0, 0.1) is 0 Å². The zero-order valence-corrected chi connectivity index (χ0v) is 15.5. The van der Waals surface area contributed by atoms with Crippen LogP contribution in [-0.4, -0.2) is 28.9 Å². The Balaban J connectivity index is 1.99. The molecule has 0 saturated heterocycles. The molecule has 0 fully saturated rings. The number of aromatic hydroxyl groups is 1. The molecule has 0 radical (unpaired) electrons. The summed E-state index contributed by atoms with van der Waals surface area (Å²) in [5, 5.41) is 13.1. The van der Waals surface area contributed by atoms with Gasteiger partial charge in [0.05, 0.1) is 36.5 Å². The van der Waals surface area contributed by atoms with Crippen molar-refractivity contribution in [3.63, 3.8) is 0 Å². The predicted octanol–water partition coefficient (Wildman–Crippen LogP) is 5.01. The summed E-state index contributed by atoms with van der Waals surface area (Å²) in [6.07, 6.45) is 0. The Morgan fingerprint density at radius 3 is 2.25 bits per heavy atom. The zero-order chi connectivity index (χ0) is 19.3. The number of hydrogen-bond donors (Lipinski definition) is 1. The minimum atomic E-state index is 0.148. The van der Waals surface area contributed by atoms with E-state index in [4.69, 9.17) is 14.5 Å². The highest BCUT2D eigenvalue weighted by Gasteiger charge is 2.25. The second kappa shape index (κ2) is 6.16. The maximum atomic E-state index is 11.3. The van der Waals surface area contributed by atoms with Gasteiger partial charge in [-0.15, -0.1) is 0 Å². The van der Waals surface area contributed by atoms with Gasteiger partial charge in [-0.3, -0.25) is 4.57 Å². The van der Waals surface area contributed by atoms with E-state index in [0.29, 0.717) is 17.1 Å². The van der Waals surface area contributed by atoms with Crippen LogP contribution in [0.15, 0.2) is 66.7 Å². The quantitative estimate of drug-likeness (QED) is 0.485. The highest BCUT2D eigenvalue weighted by molar-refractivity contribution is 6.09. The van der Waals surface area contributed by atoms with Gasteiger partial charge in [0.2, 0.25) is 5.88 Å². The molecular weight excluding hydrogens is 352 g/mol. The van der Waals surface area contributed by atoms with Crippen LogP contribution in [0.2, 0.25) is 0 Å². The maximum Gasteiger partial charge on any atom is 0.206 e. The standard InChI is InChI=1S/C23H18N2O3/c1-27-19-12-16-17(13-20(19)28-2)24-22-15-10-6-7-11-18(15)25(23(26)21(16)22)14-8-4-3-5-9-14/h3-13,26H,1-2H3. The first-order valence-corrected chi connectivity index (χ1v) is 8.96. The number of para-hydroxylation sites is 2. The molecular formula is C23H18N2O3. The van der Waals surface area contributed by atoms with E-state index in [1.54, 1.807) is 14.2 Å². The van der Waals surface area contributed by atoms with Crippen molar-refractivity contribution < 1.29 is 14.6 Å². The second-order valence-corrected chi connectivity index (χ2v) is 6.57. The lowest BCUT2D eigenvalue weighted by Gasteiger charge is -2.18. The van der Waals surface area contributed by atoms with Gasteiger partial charge in [-0.05, 0) is 24.3 Å². The summed E-state index contributed by atoms with van der Waals surface area (Å²) < 4.78 is 12.7.